The molecule has 0 spiro atoms. The molecule has 0 radical (unpaired) electrons. The second-order valence-electron chi connectivity index (χ2n) is 5.38. The van der Waals surface area contributed by atoms with Crippen LogP contribution >= 0.6 is 0 Å². The first kappa shape index (κ1) is 16.6. The molecule has 0 unspecified atom stereocenters. The predicted molar refractivity (Wildman–Crippen MR) is 78.2 cm³/mol. The number of carbonyl (C=O) groups excluding carboxylic acids is 1. The molecule has 0 aromatic heterocycles. The van der Waals surface area contributed by atoms with Gasteiger partial charge in [-0.25, -0.2) is 4.39 Å². The number of aliphatic hydroxyl groups is 1. The van der Waals surface area contributed by atoms with E-state index in [0.717, 1.165) is 18.4 Å². The molecule has 3 nitrogen and oxygen atoms in total. The van der Waals surface area contributed by atoms with E-state index in [4.69, 9.17) is 5.11 Å². The van der Waals surface area contributed by atoms with Crippen molar-refractivity contribution >= 4 is 5.91 Å². The van der Waals surface area contributed by atoms with E-state index in [1.165, 1.54) is 12.1 Å². The molecular weight excluding hydrogens is 257 g/mol. The summed E-state index contributed by atoms with van der Waals surface area (Å²) in [5.74, 6) is -0.667. The summed E-state index contributed by atoms with van der Waals surface area (Å²) >= 11 is 0. The van der Waals surface area contributed by atoms with Crippen LogP contribution in [0.25, 0.3) is 0 Å². The fourth-order valence-electron chi connectivity index (χ4n) is 2.42. The molecule has 4 heteroatoms. The topological polar surface area (TPSA) is 49.3 Å². The maximum atomic E-state index is 13.3. The van der Waals surface area contributed by atoms with Gasteiger partial charge in [0.15, 0.2) is 0 Å². The van der Waals surface area contributed by atoms with Gasteiger partial charge in [-0.15, -0.1) is 0 Å². The third-order valence-electron chi connectivity index (χ3n) is 4.07. The molecule has 20 heavy (non-hydrogen) atoms. The number of benzene rings is 1. The Morgan fingerprint density at radius 2 is 1.95 bits per heavy atom. The average Bonchev–Trinajstić information content (AvgIpc) is 2.42. The SMILES string of the molecule is CCC(CC)(CCO)CNC(=O)c1cc(C)cc(F)c1. The number of carbonyl (C=O) groups is 1. The van der Waals surface area contributed by atoms with Crippen molar-refractivity contribution in [1.82, 2.24) is 5.32 Å². The number of nitrogens with one attached hydrogen (secondary N) is 1. The van der Waals surface area contributed by atoms with Gasteiger partial charge in [-0.2, -0.15) is 0 Å². The van der Waals surface area contributed by atoms with Gasteiger partial charge in [0.2, 0.25) is 0 Å². The van der Waals surface area contributed by atoms with Gasteiger partial charge in [0.05, 0.1) is 0 Å². The Kier molecular flexibility index (Phi) is 6.14. The Morgan fingerprint density at radius 1 is 1.30 bits per heavy atom. The third-order valence-corrected chi connectivity index (χ3v) is 4.07. The van der Waals surface area contributed by atoms with Crippen molar-refractivity contribution in [3.63, 3.8) is 0 Å². The molecule has 1 aromatic carbocycles. The van der Waals surface area contributed by atoms with E-state index < -0.39 is 5.82 Å². The summed E-state index contributed by atoms with van der Waals surface area (Å²) in [6.45, 7) is 6.47. The summed E-state index contributed by atoms with van der Waals surface area (Å²) < 4.78 is 13.3. The van der Waals surface area contributed by atoms with E-state index in [0.29, 0.717) is 18.5 Å². The van der Waals surface area contributed by atoms with Crippen LogP contribution in [-0.2, 0) is 0 Å². The van der Waals surface area contributed by atoms with Crippen molar-refractivity contribution in [1.29, 1.82) is 0 Å². The fraction of sp³-hybridized carbons (Fsp3) is 0.562. The highest BCUT2D eigenvalue weighted by Crippen LogP contribution is 2.29. The highest BCUT2D eigenvalue weighted by molar-refractivity contribution is 5.94. The zero-order valence-electron chi connectivity index (χ0n) is 12.5. The molecule has 0 bridgehead atoms. The Hall–Kier alpha value is -1.42. The first-order valence-electron chi connectivity index (χ1n) is 7.12. The standard InChI is InChI=1S/C16H24FNO2/c1-4-16(5-2,6-7-19)11-18-15(20)13-8-12(3)9-14(17)10-13/h8-10,19H,4-7,11H2,1-3H3,(H,18,20). The van der Waals surface area contributed by atoms with Gasteiger partial charge in [0.1, 0.15) is 5.82 Å². The normalized spacial score (nSPS) is 11.4. The van der Waals surface area contributed by atoms with Crippen LogP contribution in [0, 0.1) is 18.2 Å². The maximum Gasteiger partial charge on any atom is 0.251 e. The summed E-state index contributed by atoms with van der Waals surface area (Å²) in [5.41, 5.74) is 0.975. The van der Waals surface area contributed by atoms with Crippen molar-refractivity contribution in [3.05, 3.63) is 35.1 Å². The molecule has 0 heterocycles. The maximum absolute atomic E-state index is 13.3. The number of rotatable bonds is 7. The molecule has 1 rings (SSSR count). The fourth-order valence-corrected chi connectivity index (χ4v) is 2.42. The van der Waals surface area contributed by atoms with Gasteiger partial charge >= 0.3 is 0 Å². The summed E-state index contributed by atoms with van der Waals surface area (Å²) in [6, 6.07) is 4.31. The molecule has 1 aromatic rings. The lowest BCUT2D eigenvalue weighted by Gasteiger charge is -2.31. The van der Waals surface area contributed by atoms with E-state index in [9.17, 15) is 9.18 Å². The van der Waals surface area contributed by atoms with E-state index in [2.05, 4.69) is 19.2 Å². The summed E-state index contributed by atoms with van der Waals surface area (Å²) in [7, 11) is 0. The van der Waals surface area contributed by atoms with Gasteiger partial charge in [0.25, 0.3) is 5.91 Å². The quantitative estimate of drug-likeness (QED) is 0.807. The lowest BCUT2D eigenvalue weighted by molar-refractivity contribution is 0.0907. The highest BCUT2D eigenvalue weighted by atomic mass is 19.1. The number of aliphatic hydroxyl groups excluding tert-OH is 1. The van der Waals surface area contributed by atoms with Crippen molar-refractivity contribution in [2.75, 3.05) is 13.2 Å². The zero-order valence-corrected chi connectivity index (χ0v) is 12.5. The molecule has 112 valence electrons. The molecule has 1 amide bonds. The number of halogens is 1. The minimum absolute atomic E-state index is 0.0905. The van der Waals surface area contributed by atoms with Gasteiger partial charge in [0, 0.05) is 18.7 Å². The smallest absolute Gasteiger partial charge is 0.251 e. The molecule has 0 fully saturated rings. The van der Waals surface area contributed by atoms with Gasteiger partial charge in [-0.05, 0) is 55.4 Å². The van der Waals surface area contributed by atoms with Crippen LogP contribution in [0.15, 0.2) is 18.2 Å². The highest BCUT2D eigenvalue weighted by Gasteiger charge is 2.26. The average molecular weight is 281 g/mol. The zero-order chi connectivity index (χ0) is 15.2. The van der Waals surface area contributed by atoms with Gasteiger partial charge < -0.3 is 10.4 Å². The molecule has 0 saturated heterocycles. The number of amides is 1. The first-order valence-corrected chi connectivity index (χ1v) is 7.12. The van der Waals surface area contributed by atoms with Crippen LogP contribution in [0.3, 0.4) is 0 Å². The van der Waals surface area contributed by atoms with Crippen LogP contribution in [0.4, 0.5) is 4.39 Å². The van der Waals surface area contributed by atoms with Crippen LogP contribution in [0.2, 0.25) is 0 Å². The number of hydrogen-bond donors (Lipinski definition) is 2. The summed E-state index contributed by atoms with van der Waals surface area (Å²) in [6.07, 6.45) is 2.42. The Morgan fingerprint density at radius 3 is 2.45 bits per heavy atom. The molecule has 0 aliphatic rings. The minimum atomic E-state index is -0.400. The Bertz CT molecular complexity index is 436. The molecular formula is C16H24FNO2. The Labute approximate surface area is 120 Å². The summed E-state index contributed by atoms with van der Waals surface area (Å²) in [5, 5.41) is 12.0. The van der Waals surface area contributed by atoms with Crippen LogP contribution in [0.5, 0.6) is 0 Å². The lowest BCUT2D eigenvalue weighted by atomic mass is 9.79. The van der Waals surface area contributed by atoms with Crippen LogP contribution in [-0.4, -0.2) is 24.2 Å². The number of aryl methyl sites for hydroxylation is 1. The molecule has 0 aliphatic carbocycles. The minimum Gasteiger partial charge on any atom is -0.396 e. The molecule has 0 aliphatic heterocycles. The van der Waals surface area contributed by atoms with Crippen LogP contribution < -0.4 is 5.32 Å². The van der Waals surface area contributed by atoms with E-state index >= 15 is 0 Å². The monoisotopic (exact) mass is 281 g/mol. The lowest BCUT2D eigenvalue weighted by Crippen LogP contribution is -2.37. The predicted octanol–water partition coefficient (Wildman–Crippen LogP) is 3.05. The first-order chi connectivity index (χ1) is 9.46. The van der Waals surface area contributed by atoms with Crippen molar-refractivity contribution in [2.24, 2.45) is 5.41 Å². The molecule has 2 N–H and O–H groups in total. The number of hydrogen-bond acceptors (Lipinski definition) is 2. The second-order valence-corrected chi connectivity index (χ2v) is 5.38. The van der Waals surface area contributed by atoms with Crippen molar-refractivity contribution in [3.8, 4) is 0 Å². The van der Waals surface area contributed by atoms with Gasteiger partial charge in [-0.3, -0.25) is 4.79 Å². The van der Waals surface area contributed by atoms with E-state index in [1.54, 1.807) is 13.0 Å². The third kappa shape index (κ3) is 4.30. The van der Waals surface area contributed by atoms with Crippen molar-refractivity contribution < 1.29 is 14.3 Å². The van der Waals surface area contributed by atoms with E-state index in [-0.39, 0.29) is 17.9 Å². The van der Waals surface area contributed by atoms with Crippen molar-refractivity contribution in [2.45, 2.75) is 40.0 Å². The molecule has 0 atom stereocenters. The largest absolute Gasteiger partial charge is 0.396 e. The summed E-state index contributed by atoms with van der Waals surface area (Å²) in [4.78, 5) is 12.1. The van der Waals surface area contributed by atoms with E-state index in [1.807, 2.05) is 0 Å². The molecule has 0 saturated carbocycles. The Balaban J connectivity index is 2.74. The second kappa shape index (κ2) is 7.39. The van der Waals surface area contributed by atoms with Gasteiger partial charge in [-0.1, -0.05) is 13.8 Å². The van der Waals surface area contributed by atoms with Crippen LogP contribution in [0.1, 0.15) is 49.0 Å².